The number of nitrogens with two attached hydrogens (primary N) is 2. The fourth-order valence-corrected chi connectivity index (χ4v) is 1.77. The molecule has 0 radical (unpaired) electrons. The smallest absolute Gasteiger partial charge is 0.408 e. The molecule has 168 valence electrons. The average Bonchev–Trinajstić information content (AvgIpc) is 2.54. The number of nitrogens with one attached hydrogen (secondary N) is 2. The molecular weight excluding hydrogens is 380 g/mol. The Kier molecular flexibility index (Phi) is 15.0. The van der Waals surface area contributed by atoms with Gasteiger partial charge in [0.05, 0.1) is 19.1 Å². The van der Waals surface area contributed by atoms with Crippen molar-refractivity contribution in [3.63, 3.8) is 0 Å². The molecule has 6 N–H and O–H groups in total. The van der Waals surface area contributed by atoms with E-state index in [2.05, 4.69) is 33.2 Å². The number of ether oxygens (including phenoxy) is 1. The Balaban J connectivity index is 0. The number of hydrogen-bond acceptors (Lipinski definition) is 7. The summed E-state index contributed by atoms with van der Waals surface area (Å²) in [5.41, 5.74) is 9.04. The molecule has 0 saturated carbocycles. The zero-order chi connectivity index (χ0) is 23.0. The maximum absolute atomic E-state index is 12.0. The van der Waals surface area contributed by atoms with Crippen LogP contribution in [0.4, 0.5) is 4.79 Å². The Labute approximate surface area is 172 Å². The molecular formula is C18H36N6O5. The van der Waals surface area contributed by atoms with E-state index in [1.54, 1.807) is 20.8 Å². The Bertz CT molecular complexity index is 553. The van der Waals surface area contributed by atoms with Gasteiger partial charge in [-0.05, 0) is 39.8 Å². The number of oxime groups is 1. The second-order valence-corrected chi connectivity index (χ2v) is 7.43. The monoisotopic (exact) mass is 416 g/mol. The summed E-state index contributed by atoms with van der Waals surface area (Å²) in [5, 5.41) is 9.18. The van der Waals surface area contributed by atoms with Gasteiger partial charge in [0.2, 0.25) is 11.8 Å². The number of aliphatic imine (C=N–C) groups is 1. The molecule has 0 aliphatic carbocycles. The van der Waals surface area contributed by atoms with E-state index in [1.807, 2.05) is 13.8 Å². The lowest BCUT2D eigenvalue weighted by Crippen LogP contribution is -2.43. The van der Waals surface area contributed by atoms with E-state index in [4.69, 9.17) is 15.3 Å². The van der Waals surface area contributed by atoms with Gasteiger partial charge >= 0.3 is 6.09 Å². The zero-order valence-electron chi connectivity index (χ0n) is 18.3. The highest BCUT2D eigenvalue weighted by molar-refractivity contribution is 5.92. The van der Waals surface area contributed by atoms with E-state index in [0.29, 0.717) is 6.42 Å². The topological polar surface area (TPSA) is 170 Å². The molecule has 11 nitrogen and oxygen atoms in total. The molecule has 3 amide bonds. The van der Waals surface area contributed by atoms with Crippen LogP contribution in [0.2, 0.25) is 0 Å². The van der Waals surface area contributed by atoms with Crippen LogP contribution in [-0.2, 0) is 19.2 Å². The highest BCUT2D eigenvalue weighted by Crippen LogP contribution is 2.11. The summed E-state index contributed by atoms with van der Waals surface area (Å²) in [6, 6.07) is -0.494. The summed E-state index contributed by atoms with van der Waals surface area (Å²) in [7, 11) is 0. The van der Waals surface area contributed by atoms with E-state index in [1.165, 1.54) is 6.92 Å². The first kappa shape index (κ1) is 28.5. The highest BCUT2D eigenvalue weighted by Gasteiger charge is 2.23. The molecule has 29 heavy (non-hydrogen) atoms. The van der Waals surface area contributed by atoms with Gasteiger partial charge in [-0.2, -0.15) is 0 Å². The van der Waals surface area contributed by atoms with Gasteiger partial charge in [-0.1, -0.05) is 19.0 Å². The molecule has 0 aromatic heterocycles. The van der Waals surface area contributed by atoms with E-state index in [9.17, 15) is 14.4 Å². The Morgan fingerprint density at radius 2 is 1.76 bits per heavy atom. The van der Waals surface area contributed by atoms with E-state index in [-0.39, 0.29) is 43.3 Å². The minimum absolute atomic E-state index is 0.0843. The van der Waals surface area contributed by atoms with Gasteiger partial charge in [-0.25, -0.2) is 9.79 Å². The number of rotatable bonds is 9. The fourth-order valence-electron chi connectivity index (χ4n) is 1.77. The molecule has 0 aliphatic heterocycles. The SMILES string of the molecule is C=N/C(=N\OCCNC(=O)CN)[C@H](CC(C)C)NC(=O)OC(C)(C)C.CC(N)=O. The van der Waals surface area contributed by atoms with Crippen molar-refractivity contribution in [2.75, 3.05) is 19.7 Å². The minimum Gasteiger partial charge on any atom is -0.444 e. The van der Waals surface area contributed by atoms with Crippen molar-refractivity contribution in [1.82, 2.24) is 10.6 Å². The molecule has 1 atom stereocenters. The molecule has 11 heteroatoms. The van der Waals surface area contributed by atoms with Crippen LogP contribution < -0.4 is 22.1 Å². The summed E-state index contributed by atoms with van der Waals surface area (Å²) in [6.45, 7) is 14.5. The van der Waals surface area contributed by atoms with Crippen LogP contribution in [0.1, 0.15) is 48.0 Å². The average molecular weight is 417 g/mol. The van der Waals surface area contributed by atoms with E-state index < -0.39 is 17.7 Å². The molecule has 0 aromatic carbocycles. The molecule has 0 unspecified atom stereocenters. The predicted molar refractivity (Wildman–Crippen MR) is 112 cm³/mol. The first-order valence-corrected chi connectivity index (χ1v) is 9.21. The number of nitrogens with zero attached hydrogens (tertiary/aromatic N) is 2. The van der Waals surface area contributed by atoms with Crippen molar-refractivity contribution >= 4 is 30.5 Å². The number of carbonyl (C=O) groups excluding carboxylic acids is 3. The lowest BCUT2D eigenvalue weighted by molar-refractivity contribution is -0.120. The summed E-state index contributed by atoms with van der Waals surface area (Å²) in [6.07, 6.45) is 0.0226. The standard InChI is InChI=1S/C16H31N5O4.C2H5NO/c1-11(2)9-12(20-15(23)25-16(3,4)5)14(18-6)21-24-8-7-19-13(22)10-17;1-2(3)4/h11-12H,6-10,17H2,1-5H3,(H,19,22)(H,20,23);1H3,(H2,3,4)/b21-14-;/t12-;/m0./s1. The number of amidine groups is 1. The summed E-state index contributed by atoms with van der Waals surface area (Å²) < 4.78 is 5.26. The number of amides is 3. The predicted octanol–water partition coefficient (Wildman–Crippen LogP) is 0.523. The molecule has 0 aromatic rings. The Morgan fingerprint density at radius 3 is 2.17 bits per heavy atom. The van der Waals surface area contributed by atoms with Crippen molar-refractivity contribution in [3.8, 4) is 0 Å². The van der Waals surface area contributed by atoms with Gasteiger partial charge in [0.1, 0.15) is 12.2 Å². The zero-order valence-corrected chi connectivity index (χ0v) is 18.3. The third kappa shape index (κ3) is 19.9. The van der Waals surface area contributed by atoms with Gasteiger partial charge in [0.25, 0.3) is 0 Å². The summed E-state index contributed by atoms with van der Waals surface area (Å²) in [5.74, 6) is -0.0978. The Morgan fingerprint density at radius 1 is 1.21 bits per heavy atom. The van der Waals surface area contributed by atoms with Gasteiger partial charge in [0.15, 0.2) is 5.84 Å². The number of carbonyl (C=O) groups is 3. The van der Waals surface area contributed by atoms with E-state index >= 15 is 0 Å². The fraction of sp³-hybridized carbons (Fsp3) is 0.722. The van der Waals surface area contributed by atoms with Crippen molar-refractivity contribution in [3.05, 3.63) is 0 Å². The van der Waals surface area contributed by atoms with Crippen LogP contribution in [0.25, 0.3) is 0 Å². The summed E-state index contributed by atoms with van der Waals surface area (Å²) >= 11 is 0. The number of alkyl carbamates (subject to hydrolysis) is 1. The Hall–Kier alpha value is -2.69. The van der Waals surface area contributed by atoms with Crippen LogP contribution in [0.5, 0.6) is 0 Å². The first-order valence-electron chi connectivity index (χ1n) is 9.21. The largest absolute Gasteiger partial charge is 0.444 e. The van der Waals surface area contributed by atoms with Crippen LogP contribution in [0.3, 0.4) is 0 Å². The van der Waals surface area contributed by atoms with Gasteiger partial charge < -0.3 is 31.7 Å². The molecule has 0 rings (SSSR count). The molecule has 0 bridgehead atoms. The lowest BCUT2D eigenvalue weighted by atomic mass is 10.0. The quantitative estimate of drug-likeness (QED) is 0.185. The van der Waals surface area contributed by atoms with Crippen molar-refractivity contribution < 1.29 is 24.0 Å². The highest BCUT2D eigenvalue weighted by atomic mass is 16.6. The van der Waals surface area contributed by atoms with E-state index in [0.717, 1.165) is 0 Å². The second-order valence-electron chi connectivity index (χ2n) is 7.43. The van der Waals surface area contributed by atoms with Crippen LogP contribution >= 0.6 is 0 Å². The normalized spacial score (nSPS) is 12.2. The number of hydrogen-bond donors (Lipinski definition) is 4. The first-order chi connectivity index (χ1) is 13.3. The van der Waals surface area contributed by atoms with Gasteiger partial charge in [0, 0.05) is 6.92 Å². The van der Waals surface area contributed by atoms with Crippen LogP contribution in [0.15, 0.2) is 10.1 Å². The molecule has 0 aliphatic rings. The van der Waals surface area contributed by atoms with Crippen molar-refractivity contribution in [2.45, 2.75) is 59.6 Å². The minimum atomic E-state index is -0.608. The maximum Gasteiger partial charge on any atom is 0.408 e. The van der Waals surface area contributed by atoms with Crippen LogP contribution in [-0.4, -0.2) is 61.8 Å². The maximum atomic E-state index is 12.0. The van der Waals surface area contributed by atoms with Gasteiger partial charge in [-0.3, -0.25) is 9.59 Å². The molecule has 0 fully saturated rings. The van der Waals surface area contributed by atoms with Crippen LogP contribution in [0, 0.1) is 5.92 Å². The second kappa shape index (κ2) is 15.3. The molecule has 0 heterocycles. The van der Waals surface area contributed by atoms with Gasteiger partial charge in [-0.15, -0.1) is 0 Å². The third-order valence-corrected chi connectivity index (χ3v) is 2.73. The summed E-state index contributed by atoms with van der Waals surface area (Å²) in [4.78, 5) is 41.2. The van der Waals surface area contributed by atoms with Crippen molar-refractivity contribution in [1.29, 1.82) is 0 Å². The van der Waals surface area contributed by atoms with Crippen molar-refractivity contribution in [2.24, 2.45) is 27.5 Å². The molecule has 0 saturated heterocycles. The number of primary amides is 1. The lowest BCUT2D eigenvalue weighted by Gasteiger charge is -2.24. The molecule has 0 spiro atoms. The third-order valence-electron chi connectivity index (χ3n) is 2.73.